The highest BCUT2D eigenvalue weighted by molar-refractivity contribution is 6.11. The topological polar surface area (TPSA) is 25.2 Å². The summed E-state index contributed by atoms with van der Waals surface area (Å²) in [5, 5.41) is 12.8. The number of rotatable bonds is 3. The van der Waals surface area contributed by atoms with Crippen molar-refractivity contribution in [2.75, 3.05) is 6.61 Å². The Morgan fingerprint density at radius 2 is 2.05 bits per heavy atom. The van der Waals surface area contributed by atoms with Crippen molar-refractivity contribution in [3.05, 3.63) is 53.7 Å². The molecule has 0 bridgehead atoms. The molecule has 3 aromatic rings. The molecule has 1 N–H and O–H groups in total. The van der Waals surface area contributed by atoms with E-state index in [4.69, 9.17) is 6.42 Å². The molecule has 0 atom stereocenters. The van der Waals surface area contributed by atoms with Crippen LogP contribution in [-0.2, 0) is 6.54 Å². The molecule has 1 heterocycles. The summed E-state index contributed by atoms with van der Waals surface area (Å²) in [5.41, 5.74) is 2.96. The highest BCUT2D eigenvalue weighted by Gasteiger charge is 2.15. The van der Waals surface area contributed by atoms with Gasteiger partial charge < -0.3 is 9.67 Å². The predicted octanol–water partition coefficient (Wildman–Crippen LogP) is 3.80. The predicted molar refractivity (Wildman–Crippen MR) is 89.2 cm³/mol. The van der Waals surface area contributed by atoms with Crippen LogP contribution >= 0.6 is 0 Å². The Labute approximate surface area is 124 Å². The Morgan fingerprint density at radius 3 is 2.76 bits per heavy atom. The SMILES string of the molecule is C#Cc1c(/C=C\C)n(CCO)c2ccc3ccccc3c12. The van der Waals surface area contributed by atoms with Crippen LogP contribution in [0.1, 0.15) is 18.2 Å². The largest absolute Gasteiger partial charge is 0.395 e. The lowest BCUT2D eigenvalue weighted by molar-refractivity contribution is 0.278. The van der Waals surface area contributed by atoms with Crippen LogP contribution in [0.5, 0.6) is 0 Å². The number of allylic oxidation sites excluding steroid dienone is 1. The van der Waals surface area contributed by atoms with Crippen LogP contribution in [0.2, 0.25) is 0 Å². The van der Waals surface area contributed by atoms with Crippen molar-refractivity contribution in [2.24, 2.45) is 0 Å². The van der Waals surface area contributed by atoms with E-state index in [0.717, 1.165) is 27.5 Å². The van der Waals surface area contributed by atoms with Crippen molar-refractivity contribution in [3.8, 4) is 12.3 Å². The maximum Gasteiger partial charge on any atom is 0.0610 e. The van der Waals surface area contributed by atoms with Crippen LogP contribution in [0.25, 0.3) is 27.8 Å². The van der Waals surface area contributed by atoms with Gasteiger partial charge in [-0.25, -0.2) is 0 Å². The van der Waals surface area contributed by atoms with E-state index in [2.05, 4.69) is 34.8 Å². The van der Waals surface area contributed by atoms with E-state index in [9.17, 15) is 5.11 Å². The van der Waals surface area contributed by atoms with Crippen LogP contribution in [0.4, 0.5) is 0 Å². The number of aliphatic hydroxyl groups excluding tert-OH is 1. The second-order valence-corrected chi connectivity index (χ2v) is 4.96. The molecule has 21 heavy (non-hydrogen) atoms. The molecular formula is C19H17NO. The summed E-state index contributed by atoms with van der Waals surface area (Å²) in [4.78, 5) is 0. The maximum atomic E-state index is 9.37. The van der Waals surface area contributed by atoms with Gasteiger partial charge in [0.05, 0.1) is 23.4 Å². The summed E-state index contributed by atoms with van der Waals surface area (Å²) in [6, 6.07) is 12.4. The first-order chi connectivity index (χ1) is 10.3. The number of benzene rings is 2. The van der Waals surface area contributed by atoms with Crippen molar-refractivity contribution in [1.29, 1.82) is 0 Å². The molecule has 0 amide bonds. The smallest absolute Gasteiger partial charge is 0.0610 e. The fourth-order valence-electron chi connectivity index (χ4n) is 2.96. The first-order valence-corrected chi connectivity index (χ1v) is 7.06. The van der Waals surface area contributed by atoms with E-state index in [1.807, 2.05) is 31.2 Å². The van der Waals surface area contributed by atoms with E-state index in [1.54, 1.807) is 0 Å². The molecule has 0 unspecified atom stereocenters. The van der Waals surface area contributed by atoms with Gasteiger partial charge in [-0.3, -0.25) is 0 Å². The van der Waals surface area contributed by atoms with Crippen molar-refractivity contribution >= 4 is 27.8 Å². The standard InChI is InChI=1S/C19H17NO/c1-3-7-17-15(4-2)19-16-9-6-5-8-14(16)10-11-18(19)20(17)12-13-21/h2-3,5-11,21H,12-13H2,1H3/b7-3-. The first-order valence-electron chi connectivity index (χ1n) is 7.06. The van der Waals surface area contributed by atoms with E-state index < -0.39 is 0 Å². The molecule has 2 aromatic carbocycles. The molecule has 1 aromatic heterocycles. The van der Waals surface area contributed by atoms with E-state index in [1.165, 1.54) is 5.39 Å². The molecule has 0 aliphatic carbocycles. The minimum absolute atomic E-state index is 0.0885. The van der Waals surface area contributed by atoms with Crippen LogP contribution in [0.15, 0.2) is 42.5 Å². The molecular weight excluding hydrogens is 258 g/mol. The molecule has 2 nitrogen and oxygen atoms in total. The van der Waals surface area contributed by atoms with Gasteiger partial charge in [-0.05, 0) is 29.8 Å². The quantitative estimate of drug-likeness (QED) is 0.723. The van der Waals surface area contributed by atoms with E-state index >= 15 is 0 Å². The van der Waals surface area contributed by atoms with Crippen LogP contribution < -0.4 is 0 Å². The summed E-state index contributed by atoms with van der Waals surface area (Å²) in [5.74, 6) is 2.84. The van der Waals surface area contributed by atoms with E-state index in [-0.39, 0.29) is 6.61 Å². The fourth-order valence-corrected chi connectivity index (χ4v) is 2.96. The molecule has 0 radical (unpaired) electrons. The van der Waals surface area contributed by atoms with Gasteiger partial charge in [-0.2, -0.15) is 0 Å². The third-order valence-electron chi connectivity index (χ3n) is 3.79. The van der Waals surface area contributed by atoms with Crippen LogP contribution in [0, 0.1) is 12.3 Å². The second-order valence-electron chi connectivity index (χ2n) is 4.96. The lowest BCUT2D eigenvalue weighted by Gasteiger charge is -2.06. The molecule has 104 valence electrons. The fraction of sp³-hybridized carbons (Fsp3) is 0.158. The Bertz CT molecular complexity index is 878. The first kappa shape index (κ1) is 13.5. The normalized spacial score (nSPS) is 11.5. The summed E-state index contributed by atoms with van der Waals surface area (Å²) >= 11 is 0. The van der Waals surface area contributed by atoms with Crippen LogP contribution in [-0.4, -0.2) is 16.3 Å². The molecule has 0 saturated carbocycles. The zero-order valence-corrected chi connectivity index (χ0v) is 12.0. The van der Waals surface area contributed by atoms with Crippen molar-refractivity contribution in [3.63, 3.8) is 0 Å². The third-order valence-corrected chi connectivity index (χ3v) is 3.79. The Kier molecular flexibility index (Phi) is 3.51. The minimum Gasteiger partial charge on any atom is -0.395 e. The third kappa shape index (κ3) is 2.03. The Balaban J connectivity index is 2.53. The maximum absolute atomic E-state index is 9.37. The van der Waals surface area contributed by atoms with Crippen LogP contribution in [0.3, 0.4) is 0 Å². The van der Waals surface area contributed by atoms with Gasteiger partial charge in [0, 0.05) is 11.9 Å². The number of hydrogen-bond donors (Lipinski definition) is 1. The average Bonchev–Trinajstić information content (AvgIpc) is 2.82. The van der Waals surface area contributed by atoms with Crippen molar-refractivity contribution in [1.82, 2.24) is 4.57 Å². The number of fused-ring (bicyclic) bond motifs is 3. The van der Waals surface area contributed by atoms with Gasteiger partial charge in [0.15, 0.2) is 0 Å². The molecule has 2 heteroatoms. The lowest BCUT2D eigenvalue weighted by atomic mass is 10.0. The highest BCUT2D eigenvalue weighted by atomic mass is 16.3. The van der Waals surface area contributed by atoms with Gasteiger partial charge in [-0.1, -0.05) is 42.3 Å². The van der Waals surface area contributed by atoms with E-state index in [0.29, 0.717) is 6.54 Å². The number of aromatic nitrogens is 1. The number of nitrogens with zero attached hydrogens (tertiary/aromatic N) is 1. The van der Waals surface area contributed by atoms with Crippen molar-refractivity contribution < 1.29 is 5.11 Å². The zero-order valence-electron chi connectivity index (χ0n) is 12.0. The number of aliphatic hydroxyl groups is 1. The molecule has 3 rings (SSSR count). The van der Waals surface area contributed by atoms with Gasteiger partial charge in [-0.15, -0.1) is 6.42 Å². The highest BCUT2D eigenvalue weighted by Crippen LogP contribution is 2.33. The second kappa shape index (κ2) is 5.47. The molecule has 0 aliphatic rings. The Hall–Kier alpha value is -2.50. The minimum atomic E-state index is 0.0885. The monoisotopic (exact) mass is 275 g/mol. The zero-order chi connectivity index (χ0) is 14.8. The molecule has 0 aliphatic heterocycles. The van der Waals surface area contributed by atoms with Gasteiger partial charge in [0.25, 0.3) is 0 Å². The summed E-state index contributed by atoms with van der Waals surface area (Å²) < 4.78 is 2.09. The summed E-state index contributed by atoms with van der Waals surface area (Å²) in [6.07, 6.45) is 9.78. The number of terminal acetylenes is 1. The summed E-state index contributed by atoms with van der Waals surface area (Å²) in [6.45, 7) is 2.60. The molecule has 0 saturated heterocycles. The van der Waals surface area contributed by atoms with Gasteiger partial charge in [0.2, 0.25) is 0 Å². The Morgan fingerprint density at radius 1 is 1.24 bits per heavy atom. The lowest BCUT2D eigenvalue weighted by Crippen LogP contribution is -2.04. The number of hydrogen-bond acceptors (Lipinski definition) is 1. The van der Waals surface area contributed by atoms with Gasteiger partial charge in [0.1, 0.15) is 0 Å². The van der Waals surface area contributed by atoms with Crippen molar-refractivity contribution in [2.45, 2.75) is 13.5 Å². The molecule has 0 fully saturated rings. The average molecular weight is 275 g/mol. The summed E-state index contributed by atoms with van der Waals surface area (Å²) in [7, 11) is 0. The molecule has 0 spiro atoms. The van der Waals surface area contributed by atoms with Gasteiger partial charge >= 0.3 is 0 Å².